The van der Waals surface area contributed by atoms with E-state index < -0.39 is 5.82 Å². The minimum atomic E-state index is -0.476. The van der Waals surface area contributed by atoms with Gasteiger partial charge in [0.1, 0.15) is 5.82 Å². The third kappa shape index (κ3) is 3.59. The number of carbonyl (C=O) groups is 1. The first kappa shape index (κ1) is 15.0. The molecule has 0 saturated carbocycles. The quantitative estimate of drug-likeness (QED) is 0.863. The van der Waals surface area contributed by atoms with Crippen molar-refractivity contribution in [3.8, 4) is 6.07 Å². The maximum Gasteiger partial charge on any atom is 0.161 e. The van der Waals surface area contributed by atoms with Crippen molar-refractivity contribution in [2.45, 2.75) is 13.5 Å². The lowest BCUT2D eigenvalue weighted by Gasteiger charge is -2.11. The van der Waals surface area contributed by atoms with Gasteiger partial charge in [0, 0.05) is 17.8 Å². The molecule has 2 aromatic carbocycles. The first-order valence-electron chi connectivity index (χ1n) is 6.24. The first-order chi connectivity index (χ1) is 10.0. The summed E-state index contributed by atoms with van der Waals surface area (Å²) in [6.45, 7) is 1.83. The molecule has 106 valence electrons. The molecule has 0 bridgehead atoms. The molecule has 1 N–H and O–H groups in total. The summed E-state index contributed by atoms with van der Waals surface area (Å²) in [5, 5.41) is 12.0. The highest BCUT2D eigenvalue weighted by molar-refractivity contribution is 6.30. The van der Waals surface area contributed by atoms with Gasteiger partial charge in [0.2, 0.25) is 0 Å². The number of nitrogens with one attached hydrogen (secondary N) is 1. The van der Waals surface area contributed by atoms with Crippen LogP contribution in [0, 0.1) is 17.1 Å². The van der Waals surface area contributed by atoms with Crippen LogP contribution >= 0.6 is 11.6 Å². The summed E-state index contributed by atoms with van der Waals surface area (Å²) in [6, 6.07) is 11.3. The van der Waals surface area contributed by atoms with Crippen molar-refractivity contribution in [3.63, 3.8) is 0 Å². The number of benzene rings is 2. The van der Waals surface area contributed by atoms with E-state index in [2.05, 4.69) is 5.32 Å². The zero-order valence-corrected chi connectivity index (χ0v) is 12.0. The molecule has 0 fully saturated rings. The van der Waals surface area contributed by atoms with Gasteiger partial charge in [-0.25, -0.2) is 4.39 Å². The predicted molar refractivity (Wildman–Crippen MR) is 79.9 cm³/mol. The van der Waals surface area contributed by atoms with Crippen molar-refractivity contribution >= 4 is 23.1 Å². The molecule has 0 aliphatic carbocycles. The zero-order valence-electron chi connectivity index (χ0n) is 11.3. The molecular formula is C16H12ClFN2O. The summed E-state index contributed by atoms with van der Waals surface area (Å²) < 4.78 is 13.1. The van der Waals surface area contributed by atoms with Gasteiger partial charge in [-0.1, -0.05) is 17.7 Å². The standard InChI is InChI=1S/C16H12ClFN2O/c1-10(21)13-4-2-11(8-19)7-16(13)20-9-12-3-5-15(18)14(17)6-12/h2-7,20H,9H2,1H3. The monoisotopic (exact) mass is 302 g/mol. The Morgan fingerprint density at radius 1 is 1.33 bits per heavy atom. The number of anilines is 1. The van der Waals surface area contributed by atoms with Crippen molar-refractivity contribution in [1.82, 2.24) is 0 Å². The molecule has 0 radical (unpaired) electrons. The lowest BCUT2D eigenvalue weighted by molar-refractivity contribution is 0.101. The van der Waals surface area contributed by atoms with Gasteiger partial charge in [0.15, 0.2) is 5.78 Å². The number of nitriles is 1. The molecule has 0 aromatic heterocycles. The second kappa shape index (κ2) is 6.38. The Labute approximate surface area is 127 Å². The van der Waals surface area contributed by atoms with Crippen molar-refractivity contribution in [2.24, 2.45) is 0 Å². The summed E-state index contributed by atoms with van der Waals surface area (Å²) >= 11 is 5.73. The van der Waals surface area contributed by atoms with Gasteiger partial charge in [-0.05, 0) is 42.8 Å². The molecule has 0 atom stereocenters. The van der Waals surface area contributed by atoms with Crippen LogP contribution in [0.25, 0.3) is 0 Å². The largest absolute Gasteiger partial charge is 0.380 e. The van der Waals surface area contributed by atoms with Crippen LogP contribution in [0.3, 0.4) is 0 Å². The fourth-order valence-electron chi connectivity index (χ4n) is 1.91. The van der Waals surface area contributed by atoms with Gasteiger partial charge in [-0.2, -0.15) is 5.26 Å². The predicted octanol–water partition coefficient (Wildman–Crippen LogP) is 4.17. The molecule has 5 heteroatoms. The fraction of sp³-hybridized carbons (Fsp3) is 0.125. The molecular weight excluding hydrogens is 291 g/mol. The Morgan fingerprint density at radius 3 is 2.71 bits per heavy atom. The first-order valence-corrected chi connectivity index (χ1v) is 6.62. The van der Waals surface area contributed by atoms with E-state index in [0.717, 1.165) is 5.56 Å². The van der Waals surface area contributed by atoms with Crippen molar-refractivity contribution in [3.05, 3.63) is 63.9 Å². The summed E-state index contributed by atoms with van der Waals surface area (Å²) in [5.41, 5.74) is 2.31. The molecule has 0 amide bonds. The van der Waals surface area contributed by atoms with E-state index >= 15 is 0 Å². The van der Waals surface area contributed by atoms with E-state index in [9.17, 15) is 9.18 Å². The lowest BCUT2D eigenvalue weighted by atomic mass is 10.1. The van der Waals surface area contributed by atoms with Gasteiger partial charge in [0.25, 0.3) is 0 Å². The third-order valence-electron chi connectivity index (χ3n) is 2.99. The molecule has 21 heavy (non-hydrogen) atoms. The number of hydrogen-bond acceptors (Lipinski definition) is 3. The number of halogens is 2. The maximum atomic E-state index is 13.1. The molecule has 0 saturated heterocycles. The van der Waals surface area contributed by atoms with Gasteiger partial charge in [-0.15, -0.1) is 0 Å². The number of hydrogen-bond donors (Lipinski definition) is 1. The molecule has 0 aliphatic heterocycles. The van der Waals surface area contributed by atoms with Crippen LogP contribution in [0.5, 0.6) is 0 Å². The summed E-state index contributed by atoms with van der Waals surface area (Å²) in [6.07, 6.45) is 0. The average molecular weight is 303 g/mol. The normalized spacial score (nSPS) is 10.0. The molecule has 2 aromatic rings. The zero-order chi connectivity index (χ0) is 15.4. The number of rotatable bonds is 4. The molecule has 0 aliphatic rings. The number of nitrogens with zero attached hydrogens (tertiary/aromatic N) is 1. The fourth-order valence-corrected chi connectivity index (χ4v) is 2.12. The highest BCUT2D eigenvalue weighted by Crippen LogP contribution is 2.21. The van der Waals surface area contributed by atoms with Gasteiger partial charge in [0.05, 0.1) is 16.7 Å². The van der Waals surface area contributed by atoms with Crippen LogP contribution in [0.15, 0.2) is 36.4 Å². The summed E-state index contributed by atoms with van der Waals surface area (Å²) in [4.78, 5) is 11.6. The highest BCUT2D eigenvalue weighted by atomic mass is 35.5. The van der Waals surface area contributed by atoms with E-state index in [0.29, 0.717) is 23.4 Å². The molecule has 3 nitrogen and oxygen atoms in total. The van der Waals surface area contributed by atoms with Gasteiger partial charge in [-0.3, -0.25) is 4.79 Å². The van der Waals surface area contributed by atoms with Crippen LogP contribution in [0.2, 0.25) is 5.02 Å². The summed E-state index contributed by atoms with van der Waals surface area (Å²) in [7, 11) is 0. The Bertz CT molecular complexity index is 738. The van der Waals surface area contributed by atoms with Gasteiger partial charge < -0.3 is 5.32 Å². The summed E-state index contributed by atoms with van der Waals surface area (Å²) in [5.74, 6) is -0.574. The number of Topliss-reactive ketones (excluding diaryl/α,β-unsaturated/α-hetero) is 1. The second-order valence-corrected chi connectivity index (χ2v) is 4.94. The highest BCUT2D eigenvalue weighted by Gasteiger charge is 2.08. The molecule has 0 heterocycles. The van der Waals surface area contributed by atoms with Gasteiger partial charge >= 0.3 is 0 Å². The SMILES string of the molecule is CC(=O)c1ccc(C#N)cc1NCc1ccc(F)c(Cl)c1. The van der Waals surface area contributed by atoms with E-state index in [1.807, 2.05) is 6.07 Å². The third-order valence-corrected chi connectivity index (χ3v) is 3.28. The van der Waals surface area contributed by atoms with Crippen LogP contribution in [0.4, 0.5) is 10.1 Å². The molecule has 2 rings (SSSR count). The van der Waals surface area contributed by atoms with Crippen molar-refractivity contribution in [2.75, 3.05) is 5.32 Å². The van der Waals surface area contributed by atoms with E-state index in [4.69, 9.17) is 16.9 Å². The van der Waals surface area contributed by atoms with E-state index in [-0.39, 0.29) is 10.8 Å². The van der Waals surface area contributed by atoms with Crippen molar-refractivity contribution < 1.29 is 9.18 Å². The minimum Gasteiger partial charge on any atom is -0.380 e. The molecule has 0 unspecified atom stereocenters. The Morgan fingerprint density at radius 2 is 2.10 bits per heavy atom. The maximum absolute atomic E-state index is 13.1. The Balaban J connectivity index is 2.24. The van der Waals surface area contributed by atoms with E-state index in [1.165, 1.54) is 19.1 Å². The average Bonchev–Trinajstić information content (AvgIpc) is 2.48. The van der Waals surface area contributed by atoms with Crippen LogP contribution < -0.4 is 5.32 Å². The Kier molecular flexibility index (Phi) is 4.56. The van der Waals surface area contributed by atoms with Crippen molar-refractivity contribution in [1.29, 1.82) is 5.26 Å². The minimum absolute atomic E-state index is 0.0480. The van der Waals surface area contributed by atoms with E-state index in [1.54, 1.807) is 24.3 Å². The van der Waals surface area contributed by atoms with Crippen LogP contribution in [0.1, 0.15) is 28.4 Å². The lowest BCUT2D eigenvalue weighted by Crippen LogP contribution is -2.05. The topological polar surface area (TPSA) is 52.9 Å². The van der Waals surface area contributed by atoms with Crippen LogP contribution in [-0.4, -0.2) is 5.78 Å². The van der Waals surface area contributed by atoms with Crippen LogP contribution in [-0.2, 0) is 6.54 Å². The number of carbonyl (C=O) groups excluding carboxylic acids is 1. The number of ketones is 1. The molecule has 0 spiro atoms. The Hall–Kier alpha value is -2.38. The smallest absolute Gasteiger partial charge is 0.161 e. The second-order valence-electron chi connectivity index (χ2n) is 4.53.